The highest BCUT2D eigenvalue weighted by Crippen LogP contribution is 2.23. The summed E-state index contributed by atoms with van der Waals surface area (Å²) in [6.07, 6.45) is 8.50. The minimum atomic E-state index is 0.763. The van der Waals surface area contributed by atoms with Crippen LogP contribution < -0.4 is 5.32 Å². The molecule has 1 aliphatic heterocycles. The Morgan fingerprint density at radius 2 is 1.89 bits per heavy atom. The third kappa shape index (κ3) is 4.87. The highest BCUT2D eigenvalue weighted by atomic mass is 16.5. The first-order valence-corrected chi connectivity index (χ1v) is 7.80. The fourth-order valence-electron chi connectivity index (χ4n) is 3.48. The minimum Gasteiger partial charge on any atom is -0.384 e. The molecule has 106 valence electrons. The summed E-state index contributed by atoms with van der Waals surface area (Å²) in [5, 5.41) is 3.65. The largest absolute Gasteiger partial charge is 0.384 e. The Balaban J connectivity index is 1.52. The van der Waals surface area contributed by atoms with Crippen molar-refractivity contribution >= 4 is 0 Å². The fraction of sp³-hybridized carbons (Fsp3) is 1.00. The van der Waals surface area contributed by atoms with Crippen molar-refractivity contribution in [2.45, 2.75) is 38.5 Å². The molecule has 0 aromatic carbocycles. The SMILES string of the molecule is COCC1CCCN(CCNCC2CCCC2)C1. The summed E-state index contributed by atoms with van der Waals surface area (Å²) >= 11 is 0. The van der Waals surface area contributed by atoms with Crippen molar-refractivity contribution in [3.63, 3.8) is 0 Å². The van der Waals surface area contributed by atoms with Crippen LogP contribution in [0.1, 0.15) is 38.5 Å². The first kappa shape index (κ1) is 14.3. The maximum absolute atomic E-state index is 5.28. The van der Waals surface area contributed by atoms with Gasteiger partial charge in [0.05, 0.1) is 6.61 Å². The van der Waals surface area contributed by atoms with Crippen LogP contribution in [-0.2, 0) is 4.74 Å². The van der Waals surface area contributed by atoms with E-state index in [9.17, 15) is 0 Å². The van der Waals surface area contributed by atoms with Gasteiger partial charge in [-0.2, -0.15) is 0 Å². The Labute approximate surface area is 112 Å². The minimum absolute atomic E-state index is 0.763. The van der Waals surface area contributed by atoms with E-state index in [4.69, 9.17) is 4.74 Å². The average Bonchev–Trinajstić information content (AvgIpc) is 2.89. The third-order valence-corrected chi connectivity index (χ3v) is 4.52. The quantitative estimate of drug-likeness (QED) is 0.704. The van der Waals surface area contributed by atoms with Crippen molar-refractivity contribution in [3.8, 4) is 0 Å². The molecule has 2 rings (SSSR count). The standard InChI is InChI=1S/C15H30N2O/c1-18-13-15-7-4-9-17(12-15)10-8-16-11-14-5-2-3-6-14/h14-16H,2-13H2,1H3. The predicted octanol–water partition coefficient (Wildman–Crippen LogP) is 2.12. The molecule has 2 aliphatic rings. The van der Waals surface area contributed by atoms with E-state index in [1.807, 2.05) is 7.11 Å². The van der Waals surface area contributed by atoms with E-state index >= 15 is 0 Å². The van der Waals surface area contributed by atoms with Crippen LogP contribution in [0.25, 0.3) is 0 Å². The molecule has 0 spiro atoms. The van der Waals surface area contributed by atoms with Crippen LogP contribution in [-0.4, -0.2) is 51.3 Å². The second-order valence-corrected chi connectivity index (χ2v) is 6.12. The molecule has 1 N–H and O–H groups in total. The van der Waals surface area contributed by atoms with E-state index in [-0.39, 0.29) is 0 Å². The molecule has 0 radical (unpaired) electrons. The molecule has 1 unspecified atom stereocenters. The maximum atomic E-state index is 5.28. The number of hydrogen-bond acceptors (Lipinski definition) is 3. The molecule has 0 amide bonds. The zero-order valence-corrected chi connectivity index (χ0v) is 12.0. The van der Waals surface area contributed by atoms with E-state index in [1.165, 1.54) is 64.7 Å². The van der Waals surface area contributed by atoms with Gasteiger partial charge in [0.2, 0.25) is 0 Å². The van der Waals surface area contributed by atoms with Gasteiger partial charge in [0.25, 0.3) is 0 Å². The molecule has 1 heterocycles. The molecular weight excluding hydrogens is 224 g/mol. The Bertz CT molecular complexity index is 215. The summed E-state index contributed by atoms with van der Waals surface area (Å²) in [6.45, 7) is 7.08. The van der Waals surface area contributed by atoms with Gasteiger partial charge in [-0.25, -0.2) is 0 Å². The van der Waals surface area contributed by atoms with E-state index in [2.05, 4.69) is 10.2 Å². The van der Waals surface area contributed by atoms with Gasteiger partial charge in [-0.3, -0.25) is 0 Å². The second kappa shape index (κ2) is 8.13. The van der Waals surface area contributed by atoms with Crippen molar-refractivity contribution in [1.82, 2.24) is 10.2 Å². The van der Waals surface area contributed by atoms with Crippen molar-refractivity contribution in [1.29, 1.82) is 0 Å². The predicted molar refractivity (Wildman–Crippen MR) is 75.9 cm³/mol. The maximum Gasteiger partial charge on any atom is 0.0502 e. The van der Waals surface area contributed by atoms with Crippen molar-refractivity contribution < 1.29 is 4.74 Å². The van der Waals surface area contributed by atoms with E-state index < -0.39 is 0 Å². The number of piperidine rings is 1. The topological polar surface area (TPSA) is 24.5 Å². The highest BCUT2D eigenvalue weighted by molar-refractivity contribution is 4.74. The molecule has 3 nitrogen and oxygen atoms in total. The van der Waals surface area contributed by atoms with Gasteiger partial charge in [0.1, 0.15) is 0 Å². The van der Waals surface area contributed by atoms with Crippen LogP contribution >= 0.6 is 0 Å². The lowest BCUT2D eigenvalue weighted by atomic mass is 9.99. The zero-order chi connectivity index (χ0) is 12.6. The Morgan fingerprint density at radius 3 is 2.67 bits per heavy atom. The van der Waals surface area contributed by atoms with Gasteiger partial charge >= 0.3 is 0 Å². The van der Waals surface area contributed by atoms with Crippen LogP contribution in [0.5, 0.6) is 0 Å². The normalized spacial score (nSPS) is 26.8. The number of nitrogens with one attached hydrogen (secondary N) is 1. The summed E-state index contributed by atoms with van der Waals surface area (Å²) < 4.78 is 5.28. The molecule has 0 aromatic rings. The van der Waals surface area contributed by atoms with Gasteiger partial charge in [-0.1, -0.05) is 12.8 Å². The lowest BCUT2D eigenvalue weighted by molar-refractivity contribution is 0.0910. The summed E-state index contributed by atoms with van der Waals surface area (Å²) in [6, 6.07) is 0. The second-order valence-electron chi connectivity index (χ2n) is 6.12. The molecule has 1 saturated heterocycles. The number of hydrogen-bond donors (Lipinski definition) is 1. The third-order valence-electron chi connectivity index (χ3n) is 4.52. The molecule has 18 heavy (non-hydrogen) atoms. The van der Waals surface area contributed by atoms with E-state index in [0.717, 1.165) is 25.0 Å². The zero-order valence-electron chi connectivity index (χ0n) is 12.0. The number of ether oxygens (including phenoxy) is 1. The molecule has 1 atom stereocenters. The first-order chi connectivity index (χ1) is 8.88. The lowest BCUT2D eigenvalue weighted by Gasteiger charge is -2.32. The Morgan fingerprint density at radius 1 is 1.11 bits per heavy atom. The monoisotopic (exact) mass is 254 g/mol. The summed E-state index contributed by atoms with van der Waals surface area (Å²) in [7, 11) is 1.82. The fourth-order valence-corrected chi connectivity index (χ4v) is 3.48. The number of methoxy groups -OCH3 is 1. The van der Waals surface area contributed by atoms with Gasteiger partial charge in [0.15, 0.2) is 0 Å². The van der Waals surface area contributed by atoms with Crippen LogP contribution in [0.2, 0.25) is 0 Å². The molecule has 1 aliphatic carbocycles. The average molecular weight is 254 g/mol. The van der Waals surface area contributed by atoms with Gasteiger partial charge in [-0.15, -0.1) is 0 Å². The molecule has 0 bridgehead atoms. The van der Waals surface area contributed by atoms with Crippen molar-refractivity contribution in [2.24, 2.45) is 11.8 Å². The number of nitrogens with zero attached hydrogens (tertiary/aromatic N) is 1. The molecule has 2 fully saturated rings. The van der Waals surface area contributed by atoms with Crippen LogP contribution in [0.15, 0.2) is 0 Å². The number of rotatable bonds is 7. The first-order valence-electron chi connectivity index (χ1n) is 7.80. The molecule has 0 aromatic heterocycles. The molecule has 1 saturated carbocycles. The van der Waals surface area contributed by atoms with Gasteiger partial charge in [-0.05, 0) is 50.6 Å². The Hall–Kier alpha value is -0.120. The van der Waals surface area contributed by atoms with Crippen molar-refractivity contribution in [3.05, 3.63) is 0 Å². The van der Waals surface area contributed by atoms with E-state index in [0.29, 0.717) is 0 Å². The van der Waals surface area contributed by atoms with Gasteiger partial charge < -0.3 is 15.0 Å². The summed E-state index contributed by atoms with van der Waals surface area (Å²) in [5.41, 5.74) is 0. The smallest absolute Gasteiger partial charge is 0.0502 e. The van der Waals surface area contributed by atoms with E-state index in [1.54, 1.807) is 0 Å². The number of likely N-dealkylation sites (tertiary alicyclic amines) is 1. The van der Waals surface area contributed by atoms with Crippen LogP contribution in [0.4, 0.5) is 0 Å². The van der Waals surface area contributed by atoms with Crippen LogP contribution in [0, 0.1) is 11.8 Å². The Kier molecular flexibility index (Phi) is 6.46. The summed E-state index contributed by atoms with van der Waals surface area (Å²) in [4.78, 5) is 2.61. The highest BCUT2D eigenvalue weighted by Gasteiger charge is 2.19. The summed E-state index contributed by atoms with van der Waals surface area (Å²) in [5.74, 6) is 1.73. The van der Waals surface area contributed by atoms with Gasteiger partial charge in [0, 0.05) is 26.7 Å². The molecular formula is C15H30N2O. The lowest BCUT2D eigenvalue weighted by Crippen LogP contribution is -2.41. The molecule has 3 heteroatoms. The van der Waals surface area contributed by atoms with Crippen LogP contribution in [0.3, 0.4) is 0 Å². The van der Waals surface area contributed by atoms with Crippen molar-refractivity contribution in [2.75, 3.05) is 46.4 Å².